The number of rotatable bonds is 5. The van der Waals surface area contributed by atoms with E-state index in [0.29, 0.717) is 0 Å². The lowest BCUT2D eigenvalue weighted by Crippen LogP contribution is -2.29. The molecule has 0 radical (unpaired) electrons. The molecule has 0 aromatic heterocycles. The Morgan fingerprint density at radius 3 is 2.53 bits per heavy atom. The highest BCUT2D eigenvalue weighted by atomic mass is 28.3. The van der Waals surface area contributed by atoms with Crippen LogP contribution in [0, 0.1) is 17.8 Å². The number of allylic oxidation sites excluding steroid dienone is 2. The van der Waals surface area contributed by atoms with E-state index in [0.717, 1.165) is 17.8 Å². The smallest absolute Gasteiger partial charge is 0.0476 e. The van der Waals surface area contributed by atoms with Gasteiger partial charge in [-0.3, -0.25) is 0 Å². The zero-order valence-electron chi connectivity index (χ0n) is 10.6. The van der Waals surface area contributed by atoms with Crippen LogP contribution in [0.5, 0.6) is 0 Å². The van der Waals surface area contributed by atoms with Crippen LogP contribution < -0.4 is 0 Å². The van der Waals surface area contributed by atoms with Crippen molar-refractivity contribution in [2.45, 2.75) is 57.8 Å². The Hall–Kier alpha value is -0.0431. The lowest BCUT2D eigenvalue weighted by atomic mass is 9.96. The van der Waals surface area contributed by atoms with Gasteiger partial charge in [0, 0.05) is 8.07 Å². The van der Waals surface area contributed by atoms with Gasteiger partial charge in [-0.1, -0.05) is 57.1 Å². The lowest BCUT2D eigenvalue weighted by molar-refractivity contribution is 0.485. The van der Waals surface area contributed by atoms with Crippen molar-refractivity contribution >= 4 is 8.07 Å². The number of hydrogen-bond donors (Lipinski definition) is 0. The second-order valence-corrected chi connectivity index (χ2v) is 11.7. The van der Waals surface area contributed by atoms with Gasteiger partial charge in [-0.25, -0.2) is 0 Å². The van der Waals surface area contributed by atoms with Gasteiger partial charge >= 0.3 is 0 Å². The fourth-order valence-electron chi connectivity index (χ4n) is 3.60. The Kier molecular flexibility index (Phi) is 3.39. The summed E-state index contributed by atoms with van der Waals surface area (Å²) < 4.78 is 0. The fourth-order valence-corrected chi connectivity index (χ4v) is 7.00. The minimum absolute atomic E-state index is 0.861. The molecule has 0 N–H and O–H groups in total. The molecule has 2 aliphatic rings. The zero-order chi connectivity index (χ0) is 10.9. The van der Waals surface area contributed by atoms with Gasteiger partial charge in [0.1, 0.15) is 0 Å². The van der Waals surface area contributed by atoms with Crippen molar-refractivity contribution in [2.75, 3.05) is 0 Å². The van der Waals surface area contributed by atoms with E-state index in [9.17, 15) is 0 Å². The van der Waals surface area contributed by atoms with E-state index in [1.165, 1.54) is 25.7 Å². The third-order valence-electron chi connectivity index (χ3n) is 4.44. The molecule has 15 heavy (non-hydrogen) atoms. The van der Waals surface area contributed by atoms with Crippen molar-refractivity contribution in [3.05, 3.63) is 12.2 Å². The molecule has 0 spiro atoms. The van der Waals surface area contributed by atoms with E-state index in [1.54, 1.807) is 12.1 Å². The molecule has 2 rings (SSSR count). The second kappa shape index (κ2) is 4.45. The molecule has 1 saturated carbocycles. The van der Waals surface area contributed by atoms with E-state index >= 15 is 0 Å². The normalized spacial score (nSPS) is 33.9. The Morgan fingerprint density at radius 2 is 2.00 bits per heavy atom. The Labute approximate surface area is 96.2 Å². The van der Waals surface area contributed by atoms with E-state index in [1.807, 2.05) is 0 Å². The molecule has 0 nitrogen and oxygen atoms in total. The third kappa shape index (κ3) is 2.75. The first-order chi connectivity index (χ1) is 7.11. The highest BCUT2D eigenvalue weighted by molar-refractivity contribution is 6.77. The fraction of sp³-hybridized carbons (Fsp3) is 0.857. The maximum Gasteiger partial charge on any atom is 0.0476 e. The molecule has 0 aliphatic heterocycles. The van der Waals surface area contributed by atoms with Crippen LogP contribution in [0.3, 0.4) is 0 Å². The predicted molar refractivity (Wildman–Crippen MR) is 70.8 cm³/mol. The van der Waals surface area contributed by atoms with E-state index in [4.69, 9.17) is 0 Å². The molecule has 3 unspecified atom stereocenters. The SMILES string of the molecule is CCCC[Si](C)(C)CC1CC2C=CC1C2. The van der Waals surface area contributed by atoms with Crippen LogP contribution in [0.25, 0.3) is 0 Å². The van der Waals surface area contributed by atoms with Crippen molar-refractivity contribution < 1.29 is 0 Å². The number of unbranched alkanes of at least 4 members (excludes halogenated alkanes) is 1. The van der Waals surface area contributed by atoms with Crippen LogP contribution in [0.15, 0.2) is 12.2 Å². The summed E-state index contributed by atoms with van der Waals surface area (Å²) in [6.07, 6.45) is 10.8. The highest BCUT2D eigenvalue weighted by Crippen LogP contribution is 2.47. The summed E-state index contributed by atoms with van der Waals surface area (Å²) in [5.41, 5.74) is 0. The topological polar surface area (TPSA) is 0 Å². The molecule has 0 aromatic rings. The minimum atomic E-state index is -0.861. The Balaban J connectivity index is 1.83. The van der Waals surface area contributed by atoms with Gasteiger partial charge in [-0.2, -0.15) is 0 Å². The molecular weight excluding hydrogens is 196 g/mol. The third-order valence-corrected chi connectivity index (χ3v) is 7.77. The molecular formula is C14H26Si. The van der Waals surface area contributed by atoms with Gasteiger partial charge in [-0.05, 0) is 30.6 Å². The van der Waals surface area contributed by atoms with Crippen molar-refractivity contribution in [3.8, 4) is 0 Å². The van der Waals surface area contributed by atoms with Crippen LogP contribution >= 0.6 is 0 Å². The molecule has 0 heterocycles. The molecule has 0 amide bonds. The van der Waals surface area contributed by atoms with Crippen LogP contribution in [0.2, 0.25) is 25.2 Å². The summed E-state index contributed by atoms with van der Waals surface area (Å²) in [7, 11) is -0.861. The van der Waals surface area contributed by atoms with Crippen molar-refractivity contribution in [3.63, 3.8) is 0 Å². The average Bonchev–Trinajstić information content (AvgIpc) is 2.75. The summed E-state index contributed by atoms with van der Waals surface area (Å²) in [5.74, 6) is 3.01. The maximum atomic E-state index is 2.61. The molecule has 0 aromatic carbocycles. The van der Waals surface area contributed by atoms with Crippen molar-refractivity contribution in [1.82, 2.24) is 0 Å². The van der Waals surface area contributed by atoms with Crippen LogP contribution in [0.4, 0.5) is 0 Å². The summed E-state index contributed by atoms with van der Waals surface area (Å²) in [6, 6.07) is 3.15. The van der Waals surface area contributed by atoms with Crippen LogP contribution in [-0.2, 0) is 0 Å². The average molecular weight is 222 g/mol. The van der Waals surface area contributed by atoms with E-state index in [-0.39, 0.29) is 0 Å². The summed E-state index contributed by atoms with van der Waals surface area (Å²) in [4.78, 5) is 0. The van der Waals surface area contributed by atoms with Gasteiger partial charge in [0.25, 0.3) is 0 Å². The van der Waals surface area contributed by atoms with Crippen LogP contribution in [-0.4, -0.2) is 8.07 Å². The first-order valence-electron chi connectivity index (χ1n) is 6.79. The van der Waals surface area contributed by atoms with E-state index < -0.39 is 8.07 Å². The summed E-state index contributed by atoms with van der Waals surface area (Å²) in [6.45, 7) is 7.54. The maximum absolute atomic E-state index is 2.61. The van der Waals surface area contributed by atoms with Crippen molar-refractivity contribution in [2.24, 2.45) is 17.8 Å². The zero-order valence-corrected chi connectivity index (χ0v) is 11.6. The first-order valence-corrected chi connectivity index (χ1v) is 10.2. The van der Waals surface area contributed by atoms with Gasteiger partial charge in [-0.15, -0.1) is 0 Å². The van der Waals surface area contributed by atoms with Gasteiger partial charge in [0.05, 0.1) is 0 Å². The van der Waals surface area contributed by atoms with Gasteiger partial charge < -0.3 is 0 Å². The summed E-state index contributed by atoms with van der Waals surface area (Å²) in [5, 5.41) is 0. The van der Waals surface area contributed by atoms with Gasteiger partial charge in [0.2, 0.25) is 0 Å². The Morgan fingerprint density at radius 1 is 1.20 bits per heavy atom. The second-order valence-electron chi connectivity index (χ2n) is 6.51. The van der Waals surface area contributed by atoms with E-state index in [2.05, 4.69) is 32.2 Å². The quantitative estimate of drug-likeness (QED) is 0.467. The summed E-state index contributed by atoms with van der Waals surface area (Å²) >= 11 is 0. The number of fused-ring (bicyclic) bond motifs is 2. The first kappa shape index (κ1) is 11.4. The molecule has 2 aliphatic carbocycles. The van der Waals surface area contributed by atoms with Gasteiger partial charge in [0.15, 0.2) is 0 Å². The molecule has 1 heteroatoms. The highest BCUT2D eigenvalue weighted by Gasteiger charge is 2.38. The number of hydrogen-bond acceptors (Lipinski definition) is 0. The lowest BCUT2D eigenvalue weighted by Gasteiger charge is -2.29. The van der Waals surface area contributed by atoms with Crippen LogP contribution in [0.1, 0.15) is 32.6 Å². The standard InChI is InChI=1S/C14H26Si/c1-4-5-8-15(2,3)11-14-10-12-6-7-13(14)9-12/h6-7,12-14H,4-5,8-11H2,1-3H3. The molecule has 2 bridgehead atoms. The molecule has 86 valence electrons. The molecule has 3 atom stereocenters. The van der Waals surface area contributed by atoms with Crippen molar-refractivity contribution in [1.29, 1.82) is 0 Å². The largest absolute Gasteiger partial charge is 0.0851 e. The molecule has 0 saturated heterocycles. The Bertz CT molecular complexity index is 242. The monoisotopic (exact) mass is 222 g/mol. The molecule has 1 fully saturated rings. The predicted octanol–water partition coefficient (Wildman–Crippen LogP) is 4.71. The minimum Gasteiger partial charge on any atom is -0.0851 e.